The number of nitrogens with one attached hydrogen (secondary N) is 2. The van der Waals surface area contributed by atoms with Gasteiger partial charge in [-0.15, -0.1) is 24.0 Å². The zero-order chi connectivity index (χ0) is 16.1. The average molecular weight is 434 g/mol. The van der Waals surface area contributed by atoms with E-state index in [1.807, 2.05) is 20.8 Å². The summed E-state index contributed by atoms with van der Waals surface area (Å²) >= 11 is 0. The van der Waals surface area contributed by atoms with Crippen molar-refractivity contribution in [1.29, 1.82) is 0 Å². The maximum Gasteiger partial charge on any atom is 0.390 e. The number of oxazole rings is 1. The lowest BCUT2D eigenvalue weighted by molar-refractivity contribution is -0.132. The van der Waals surface area contributed by atoms with Crippen LogP contribution in [0.1, 0.15) is 38.8 Å². The summed E-state index contributed by atoms with van der Waals surface area (Å²) in [4.78, 5) is 7.95. The average Bonchev–Trinajstić information content (AvgIpc) is 2.80. The van der Waals surface area contributed by atoms with Crippen molar-refractivity contribution >= 4 is 29.9 Å². The molecule has 5 nitrogen and oxygen atoms in total. The minimum atomic E-state index is -4.18. The molecular formula is C13H22F3IN4O. The molecule has 0 unspecified atom stereocenters. The number of aromatic nitrogens is 1. The molecule has 0 spiro atoms. The minimum Gasteiger partial charge on any atom is -0.443 e. The van der Waals surface area contributed by atoms with Crippen molar-refractivity contribution in [3.63, 3.8) is 0 Å². The highest BCUT2D eigenvalue weighted by molar-refractivity contribution is 14.0. The van der Waals surface area contributed by atoms with Crippen molar-refractivity contribution in [1.82, 2.24) is 15.6 Å². The molecule has 0 amide bonds. The number of halogens is 4. The van der Waals surface area contributed by atoms with Crippen molar-refractivity contribution in [3.05, 3.63) is 17.8 Å². The van der Waals surface area contributed by atoms with Gasteiger partial charge < -0.3 is 15.1 Å². The molecule has 1 aromatic rings. The van der Waals surface area contributed by atoms with E-state index in [0.717, 1.165) is 5.76 Å². The Labute approximate surface area is 145 Å². The topological polar surface area (TPSA) is 62.5 Å². The van der Waals surface area contributed by atoms with Gasteiger partial charge in [0.15, 0.2) is 5.96 Å². The zero-order valence-electron chi connectivity index (χ0n) is 13.0. The second kappa shape index (κ2) is 8.59. The molecule has 0 aliphatic heterocycles. The Bertz CT molecular complexity index is 480. The van der Waals surface area contributed by atoms with E-state index in [2.05, 4.69) is 20.6 Å². The molecule has 0 aliphatic rings. The van der Waals surface area contributed by atoms with Crippen LogP contribution in [0.2, 0.25) is 0 Å². The summed E-state index contributed by atoms with van der Waals surface area (Å²) in [5.74, 6) is 1.48. The van der Waals surface area contributed by atoms with Gasteiger partial charge in [0, 0.05) is 19.0 Å². The van der Waals surface area contributed by atoms with Gasteiger partial charge in [0.25, 0.3) is 0 Å². The monoisotopic (exact) mass is 434 g/mol. The Hall–Kier alpha value is -1.00. The zero-order valence-corrected chi connectivity index (χ0v) is 15.4. The van der Waals surface area contributed by atoms with Crippen LogP contribution in [0.3, 0.4) is 0 Å². The second-order valence-electron chi connectivity index (χ2n) is 5.59. The summed E-state index contributed by atoms with van der Waals surface area (Å²) in [5, 5.41) is 5.43. The lowest BCUT2D eigenvalue weighted by Gasteiger charge is -2.13. The summed E-state index contributed by atoms with van der Waals surface area (Å²) in [5.41, 5.74) is -0.141. The Morgan fingerprint density at radius 3 is 2.36 bits per heavy atom. The molecule has 0 saturated heterocycles. The van der Waals surface area contributed by atoms with E-state index in [0.29, 0.717) is 5.89 Å². The molecule has 0 radical (unpaired) electrons. The minimum absolute atomic E-state index is 0. The summed E-state index contributed by atoms with van der Waals surface area (Å²) in [6.07, 6.45) is -3.45. The molecule has 1 rings (SSSR count). The first-order chi connectivity index (χ1) is 9.62. The van der Waals surface area contributed by atoms with Gasteiger partial charge in [0.2, 0.25) is 5.89 Å². The maximum absolute atomic E-state index is 12.0. The van der Waals surface area contributed by atoms with Crippen molar-refractivity contribution in [3.8, 4) is 0 Å². The highest BCUT2D eigenvalue weighted by Gasteiger charge is 2.26. The van der Waals surface area contributed by atoms with Crippen LogP contribution in [0.4, 0.5) is 13.2 Å². The Kier molecular flexibility index (Phi) is 8.19. The molecule has 2 N–H and O–H groups in total. The van der Waals surface area contributed by atoms with Crippen LogP contribution in [-0.2, 0) is 12.0 Å². The third-order valence-electron chi connectivity index (χ3n) is 2.62. The quantitative estimate of drug-likeness (QED) is 0.434. The van der Waals surface area contributed by atoms with Gasteiger partial charge in [-0.25, -0.2) is 4.98 Å². The highest BCUT2D eigenvalue weighted by Crippen LogP contribution is 2.22. The van der Waals surface area contributed by atoms with Gasteiger partial charge in [-0.05, 0) is 0 Å². The smallest absolute Gasteiger partial charge is 0.390 e. The molecule has 0 atom stereocenters. The molecule has 9 heteroatoms. The molecule has 0 saturated carbocycles. The number of rotatable bonds is 4. The molecule has 1 aromatic heterocycles. The summed E-state index contributed by atoms with van der Waals surface area (Å²) in [6.45, 7) is 6.02. The van der Waals surface area contributed by atoms with Gasteiger partial charge in [0.1, 0.15) is 5.76 Å². The molecule has 0 fully saturated rings. The first-order valence-electron chi connectivity index (χ1n) is 6.58. The van der Waals surface area contributed by atoms with E-state index in [1.54, 1.807) is 6.20 Å². The number of guanidine groups is 1. The molecule has 128 valence electrons. The number of alkyl halides is 3. The lowest BCUT2D eigenvalue weighted by Crippen LogP contribution is -2.38. The number of aliphatic imine (C=N–C) groups is 1. The fourth-order valence-corrected chi connectivity index (χ4v) is 1.44. The molecule has 0 bridgehead atoms. The molecular weight excluding hydrogens is 412 g/mol. The molecule has 22 heavy (non-hydrogen) atoms. The summed E-state index contributed by atoms with van der Waals surface area (Å²) in [6, 6.07) is 0. The Morgan fingerprint density at radius 2 is 1.91 bits per heavy atom. The highest BCUT2D eigenvalue weighted by atomic mass is 127. The lowest BCUT2D eigenvalue weighted by atomic mass is 9.94. The van der Waals surface area contributed by atoms with E-state index in [1.165, 1.54) is 7.05 Å². The number of nitrogens with zero attached hydrogens (tertiary/aromatic N) is 2. The van der Waals surface area contributed by atoms with Crippen LogP contribution in [0.15, 0.2) is 15.6 Å². The van der Waals surface area contributed by atoms with E-state index in [-0.39, 0.29) is 48.4 Å². The third-order valence-corrected chi connectivity index (χ3v) is 2.62. The predicted molar refractivity (Wildman–Crippen MR) is 89.5 cm³/mol. The fourth-order valence-electron chi connectivity index (χ4n) is 1.44. The van der Waals surface area contributed by atoms with E-state index in [9.17, 15) is 13.2 Å². The predicted octanol–water partition coefficient (Wildman–Crippen LogP) is 3.21. The van der Waals surface area contributed by atoms with Gasteiger partial charge in [0.05, 0.1) is 19.2 Å². The van der Waals surface area contributed by atoms with Gasteiger partial charge >= 0.3 is 6.18 Å². The maximum atomic E-state index is 12.0. The van der Waals surface area contributed by atoms with Crippen molar-refractivity contribution in [2.24, 2.45) is 4.99 Å². The summed E-state index contributed by atoms with van der Waals surface area (Å²) < 4.78 is 41.7. The van der Waals surface area contributed by atoms with Crippen LogP contribution in [-0.4, -0.2) is 30.7 Å². The Morgan fingerprint density at radius 1 is 1.27 bits per heavy atom. The van der Waals surface area contributed by atoms with Crippen molar-refractivity contribution in [2.75, 3.05) is 13.6 Å². The van der Waals surface area contributed by atoms with Gasteiger partial charge in [-0.1, -0.05) is 20.8 Å². The van der Waals surface area contributed by atoms with Gasteiger partial charge in [-0.2, -0.15) is 13.2 Å². The molecule has 0 aliphatic carbocycles. The van der Waals surface area contributed by atoms with Crippen molar-refractivity contribution < 1.29 is 17.6 Å². The van der Waals surface area contributed by atoms with Gasteiger partial charge in [-0.3, -0.25) is 4.99 Å². The first kappa shape index (κ1) is 21.0. The standard InChI is InChI=1S/C13H21F3N4O.HI/c1-12(2,3)9-7-19-10(21-9)8-20-11(17-4)18-6-5-13(14,15)16;/h7H,5-6,8H2,1-4H3,(H2,17,18,20);1H. The fraction of sp³-hybridized carbons (Fsp3) is 0.692. The summed E-state index contributed by atoms with van der Waals surface area (Å²) in [7, 11) is 1.49. The van der Waals surface area contributed by atoms with E-state index >= 15 is 0 Å². The largest absolute Gasteiger partial charge is 0.443 e. The van der Waals surface area contributed by atoms with Crippen LogP contribution >= 0.6 is 24.0 Å². The van der Waals surface area contributed by atoms with Crippen LogP contribution in [0.25, 0.3) is 0 Å². The third kappa shape index (κ3) is 7.85. The SMILES string of the molecule is CN=C(NCCC(F)(F)F)NCc1ncc(C(C)(C)C)o1.I. The first-order valence-corrected chi connectivity index (χ1v) is 6.58. The molecule has 1 heterocycles. The Balaban J connectivity index is 0.00000441. The normalized spacial score (nSPS) is 12.8. The van der Waals surface area contributed by atoms with E-state index in [4.69, 9.17) is 4.42 Å². The van der Waals surface area contributed by atoms with Crippen molar-refractivity contribution in [2.45, 2.75) is 45.3 Å². The van der Waals surface area contributed by atoms with Crippen LogP contribution < -0.4 is 10.6 Å². The van der Waals surface area contributed by atoms with Crippen LogP contribution in [0, 0.1) is 0 Å². The number of hydrogen-bond acceptors (Lipinski definition) is 3. The second-order valence-corrected chi connectivity index (χ2v) is 5.59. The molecule has 0 aromatic carbocycles. The number of hydrogen-bond donors (Lipinski definition) is 2. The van der Waals surface area contributed by atoms with Crippen LogP contribution in [0.5, 0.6) is 0 Å². The van der Waals surface area contributed by atoms with E-state index < -0.39 is 12.6 Å².